The highest BCUT2D eigenvalue weighted by Gasteiger charge is 2.28. The number of hydrogen-bond donors (Lipinski definition) is 1. The number of nitriles is 1. The number of halogens is 1. The maximum absolute atomic E-state index is 13.3. The summed E-state index contributed by atoms with van der Waals surface area (Å²) >= 11 is 0. The van der Waals surface area contributed by atoms with E-state index in [0.717, 1.165) is 19.3 Å². The van der Waals surface area contributed by atoms with E-state index in [-0.39, 0.29) is 23.6 Å². The van der Waals surface area contributed by atoms with Crippen LogP contribution in [-0.2, 0) is 0 Å². The molecular weight excluding hydrogens is 247 g/mol. The first-order valence-electron chi connectivity index (χ1n) is 6.19. The molecule has 19 heavy (non-hydrogen) atoms. The Bertz CT molecular complexity index is 525. The van der Waals surface area contributed by atoms with E-state index in [1.165, 1.54) is 25.3 Å². The van der Waals surface area contributed by atoms with Crippen molar-refractivity contribution in [1.82, 2.24) is 5.32 Å². The van der Waals surface area contributed by atoms with Gasteiger partial charge >= 0.3 is 0 Å². The Balaban J connectivity index is 2.10. The lowest BCUT2D eigenvalue weighted by Crippen LogP contribution is -2.36. The number of nitrogens with one attached hydrogen (secondary N) is 1. The minimum atomic E-state index is -0.505. The van der Waals surface area contributed by atoms with Crippen LogP contribution in [0.4, 0.5) is 4.39 Å². The van der Waals surface area contributed by atoms with Crippen LogP contribution in [0, 0.1) is 23.1 Å². The van der Waals surface area contributed by atoms with Crippen molar-refractivity contribution in [2.45, 2.75) is 25.3 Å². The smallest absolute Gasteiger partial charge is 0.251 e. The zero-order chi connectivity index (χ0) is 13.8. The number of ether oxygens (including phenoxy) is 1. The molecule has 2 unspecified atom stereocenters. The largest absolute Gasteiger partial charge is 0.494 e. The average molecular weight is 262 g/mol. The molecule has 4 nitrogen and oxygen atoms in total. The summed E-state index contributed by atoms with van der Waals surface area (Å²) in [5, 5.41) is 11.8. The minimum Gasteiger partial charge on any atom is -0.494 e. The second-order valence-electron chi connectivity index (χ2n) is 4.60. The van der Waals surface area contributed by atoms with Crippen molar-refractivity contribution in [1.29, 1.82) is 5.26 Å². The van der Waals surface area contributed by atoms with Crippen LogP contribution in [0.25, 0.3) is 0 Å². The van der Waals surface area contributed by atoms with E-state index in [1.807, 2.05) is 0 Å². The van der Waals surface area contributed by atoms with E-state index in [0.29, 0.717) is 5.56 Å². The van der Waals surface area contributed by atoms with Gasteiger partial charge in [-0.1, -0.05) is 0 Å². The molecule has 1 N–H and O–H groups in total. The van der Waals surface area contributed by atoms with Crippen LogP contribution in [0.2, 0.25) is 0 Å². The molecule has 1 aromatic carbocycles. The molecule has 1 saturated carbocycles. The predicted molar refractivity (Wildman–Crippen MR) is 67.2 cm³/mol. The number of carbonyl (C=O) groups is 1. The molecule has 0 bridgehead atoms. The maximum Gasteiger partial charge on any atom is 0.251 e. The van der Waals surface area contributed by atoms with Crippen LogP contribution < -0.4 is 10.1 Å². The van der Waals surface area contributed by atoms with Gasteiger partial charge in [-0.05, 0) is 37.5 Å². The highest BCUT2D eigenvalue weighted by Crippen LogP contribution is 2.25. The topological polar surface area (TPSA) is 62.1 Å². The fourth-order valence-electron chi connectivity index (χ4n) is 2.34. The Morgan fingerprint density at radius 2 is 2.32 bits per heavy atom. The molecule has 0 spiro atoms. The monoisotopic (exact) mass is 262 g/mol. The molecule has 1 aliphatic carbocycles. The van der Waals surface area contributed by atoms with Gasteiger partial charge in [-0.2, -0.15) is 5.26 Å². The lowest BCUT2D eigenvalue weighted by atomic mass is 10.1. The van der Waals surface area contributed by atoms with Crippen LogP contribution in [0.1, 0.15) is 29.6 Å². The number of hydrogen-bond acceptors (Lipinski definition) is 3. The Labute approximate surface area is 111 Å². The standard InChI is InChI=1S/C14H15FN2O2/c1-19-13-7-9(5-6-11(13)15)14(18)17-12-4-2-3-10(12)8-16/h5-7,10,12H,2-4H2,1H3,(H,17,18). The van der Waals surface area contributed by atoms with Gasteiger partial charge in [0, 0.05) is 11.6 Å². The highest BCUT2D eigenvalue weighted by molar-refractivity contribution is 5.94. The highest BCUT2D eigenvalue weighted by atomic mass is 19.1. The number of methoxy groups -OCH3 is 1. The van der Waals surface area contributed by atoms with E-state index < -0.39 is 5.82 Å². The van der Waals surface area contributed by atoms with Crippen LogP contribution in [0.15, 0.2) is 18.2 Å². The van der Waals surface area contributed by atoms with Crippen molar-refractivity contribution in [3.8, 4) is 11.8 Å². The van der Waals surface area contributed by atoms with Crippen molar-refractivity contribution in [3.63, 3.8) is 0 Å². The van der Waals surface area contributed by atoms with E-state index in [1.54, 1.807) is 0 Å². The molecule has 0 aliphatic heterocycles. The van der Waals surface area contributed by atoms with Gasteiger partial charge in [0.2, 0.25) is 0 Å². The first kappa shape index (κ1) is 13.3. The lowest BCUT2D eigenvalue weighted by molar-refractivity contribution is 0.0932. The van der Waals surface area contributed by atoms with Crippen molar-refractivity contribution >= 4 is 5.91 Å². The number of nitrogens with zero attached hydrogens (tertiary/aromatic N) is 1. The third-order valence-electron chi connectivity index (χ3n) is 3.41. The second-order valence-corrected chi connectivity index (χ2v) is 4.60. The molecule has 2 atom stereocenters. The van der Waals surface area contributed by atoms with Crippen molar-refractivity contribution in [2.75, 3.05) is 7.11 Å². The van der Waals surface area contributed by atoms with Crippen molar-refractivity contribution in [3.05, 3.63) is 29.6 Å². The Hall–Kier alpha value is -2.09. The summed E-state index contributed by atoms with van der Waals surface area (Å²) in [5.41, 5.74) is 0.335. The van der Waals surface area contributed by atoms with Crippen LogP contribution in [0.5, 0.6) is 5.75 Å². The Morgan fingerprint density at radius 1 is 1.53 bits per heavy atom. The maximum atomic E-state index is 13.3. The summed E-state index contributed by atoms with van der Waals surface area (Å²) in [5.74, 6) is -0.900. The first-order chi connectivity index (χ1) is 9.15. The molecule has 0 radical (unpaired) electrons. The normalized spacial score (nSPS) is 21.7. The second kappa shape index (κ2) is 5.70. The third kappa shape index (κ3) is 2.84. The van der Waals surface area contributed by atoms with Gasteiger partial charge in [0.05, 0.1) is 19.1 Å². The zero-order valence-corrected chi connectivity index (χ0v) is 10.6. The van der Waals surface area contributed by atoms with Gasteiger partial charge in [-0.25, -0.2) is 4.39 Å². The molecule has 2 rings (SSSR count). The van der Waals surface area contributed by atoms with Crippen molar-refractivity contribution in [2.24, 2.45) is 5.92 Å². The number of benzene rings is 1. The first-order valence-corrected chi connectivity index (χ1v) is 6.19. The third-order valence-corrected chi connectivity index (χ3v) is 3.41. The summed E-state index contributed by atoms with van der Waals surface area (Å²) < 4.78 is 18.1. The average Bonchev–Trinajstić information content (AvgIpc) is 2.86. The van der Waals surface area contributed by atoms with Gasteiger partial charge in [-0.15, -0.1) is 0 Å². The van der Waals surface area contributed by atoms with Crippen molar-refractivity contribution < 1.29 is 13.9 Å². The summed E-state index contributed by atoms with van der Waals surface area (Å²) in [6, 6.07) is 6.05. The van der Waals surface area contributed by atoms with Crippen LogP contribution in [-0.4, -0.2) is 19.1 Å². The number of carbonyl (C=O) groups excluding carboxylic acids is 1. The molecular formula is C14H15FN2O2. The Morgan fingerprint density at radius 3 is 3.00 bits per heavy atom. The molecule has 1 aliphatic rings. The molecule has 0 saturated heterocycles. The van der Waals surface area contributed by atoms with E-state index in [2.05, 4.69) is 11.4 Å². The molecule has 1 fully saturated rings. The van der Waals surface area contributed by atoms with E-state index in [9.17, 15) is 9.18 Å². The summed E-state index contributed by atoms with van der Waals surface area (Å²) in [7, 11) is 1.35. The summed E-state index contributed by atoms with van der Waals surface area (Å²) in [6.45, 7) is 0. The van der Waals surface area contributed by atoms with Crippen LogP contribution >= 0.6 is 0 Å². The van der Waals surface area contributed by atoms with Crippen LogP contribution in [0.3, 0.4) is 0 Å². The SMILES string of the molecule is COc1cc(C(=O)NC2CCCC2C#N)ccc1F. The molecule has 1 aromatic rings. The number of amides is 1. The van der Waals surface area contributed by atoms with Gasteiger partial charge in [-0.3, -0.25) is 4.79 Å². The van der Waals surface area contributed by atoms with E-state index in [4.69, 9.17) is 10.00 Å². The molecule has 0 heterocycles. The van der Waals surface area contributed by atoms with Gasteiger partial charge in [0.15, 0.2) is 11.6 Å². The molecule has 0 aromatic heterocycles. The quantitative estimate of drug-likeness (QED) is 0.908. The minimum absolute atomic E-state index is 0.0379. The van der Waals surface area contributed by atoms with Gasteiger partial charge in [0.25, 0.3) is 5.91 Å². The molecule has 1 amide bonds. The lowest BCUT2D eigenvalue weighted by Gasteiger charge is -2.15. The Kier molecular flexibility index (Phi) is 4.00. The summed E-state index contributed by atoms with van der Waals surface area (Å²) in [4.78, 5) is 12.0. The fraction of sp³-hybridized carbons (Fsp3) is 0.429. The fourth-order valence-corrected chi connectivity index (χ4v) is 2.34. The summed E-state index contributed by atoms with van der Waals surface area (Å²) in [6.07, 6.45) is 2.56. The predicted octanol–water partition coefficient (Wildman–Crippen LogP) is 2.26. The van der Waals surface area contributed by atoms with Gasteiger partial charge < -0.3 is 10.1 Å². The van der Waals surface area contributed by atoms with Gasteiger partial charge in [0.1, 0.15) is 0 Å². The van der Waals surface area contributed by atoms with E-state index >= 15 is 0 Å². The molecule has 5 heteroatoms. The molecule has 100 valence electrons. The zero-order valence-electron chi connectivity index (χ0n) is 10.6. The number of rotatable bonds is 3.